The quantitative estimate of drug-likeness (QED) is 0.739. The first-order chi connectivity index (χ1) is 8.29. The number of ether oxygens (including phenoxy) is 1. The number of ketones is 1. The normalized spacial score (nSPS) is 9.94. The van der Waals surface area contributed by atoms with Crippen molar-refractivity contribution in [2.45, 2.75) is 6.42 Å². The van der Waals surface area contributed by atoms with E-state index in [0.29, 0.717) is 11.6 Å². The highest BCUT2D eigenvalue weighted by Gasteiger charge is 2.08. The molecule has 5 heteroatoms. The molecule has 0 atom stereocenters. The van der Waals surface area contributed by atoms with Gasteiger partial charge in [-0.15, -0.1) is 0 Å². The molecule has 0 radical (unpaired) electrons. The van der Waals surface area contributed by atoms with Crippen LogP contribution in [-0.4, -0.2) is 27.8 Å². The molecule has 0 bridgehead atoms. The molecule has 2 aromatic heterocycles. The maximum absolute atomic E-state index is 11.8. The molecule has 86 valence electrons. The summed E-state index contributed by atoms with van der Waals surface area (Å²) in [6.45, 7) is 0. The van der Waals surface area contributed by atoms with Crippen LogP contribution in [0.5, 0.6) is 5.88 Å². The molecule has 17 heavy (non-hydrogen) atoms. The average Bonchev–Trinajstić information content (AvgIpc) is 2.40. The maximum Gasteiger partial charge on any atom is 0.212 e. The molecule has 0 unspecified atom stereocenters. The zero-order valence-electron chi connectivity index (χ0n) is 9.33. The molecule has 0 aliphatic rings. The molecule has 0 aromatic carbocycles. The number of Topliss-reactive ketones (excluding diaryl/α,β-unsaturated/α-hetero) is 1. The summed E-state index contributed by atoms with van der Waals surface area (Å²) in [6.07, 6.45) is 6.37. The molecule has 0 fully saturated rings. The van der Waals surface area contributed by atoms with Crippen LogP contribution in [0.4, 0.5) is 0 Å². The van der Waals surface area contributed by atoms with Gasteiger partial charge in [0.05, 0.1) is 13.3 Å². The molecule has 0 saturated carbocycles. The third-order valence-corrected chi connectivity index (χ3v) is 2.22. The Morgan fingerprint density at radius 1 is 1.24 bits per heavy atom. The van der Waals surface area contributed by atoms with E-state index in [-0.39, 0.29) is 12.2 Å². The van der Waals surface area contributed by atoms with Crippen molar-refractivity contribution in [2.24, 2.45) is 0 Å². The van der Waals surface area contributed by atoms with Gasteiger partial charge in [0.1, 0.15) is 5.69 Å². The standard InChI is InChI=1S/C12H11N3O2/c1-17-12-3-2-9(7-15-12)6-11(16)10-8-13-4-5-14-10/h2-5,7-8H,6H2,1H3. The lowest BCUT2D eigenvalue weighted by Crippen LogP contribution is -2.06. The number of methoxy groups -OCH3 is 1. The van der Waals surface area contributed by atoms with Crippen molar-refractivity contribution < 1.29 is 9.53 Å². The van der Waals surface area contributed by atoms with Gasteiger partial charge in [-0.1, -0.05) is 6.07 Å². The Morgan fingerprint density at radius 2 is 2.12 bits per heavy atom. The summed E-state index contributed by atoms with van der Waals surface area (Å²) in [5, 5.41) is 0. The van der Waals surface area contributed by atoms with Gasteiger partial charge in [0.15, 0.2) is 5.78 Å². The number of hydrogen-bond donors (Lipinski definition) is 0. The first kappa shape index (κ1) is 11.2. The van der Waals surface area contributed by atoms with Crippen molar-refractivity contribution in [3.8, 4) is 5.88 Å². The van der Waals surface area contributed by atoms with Crippen LogP contribution in [0.2, 0.25) is 0 Å². The van der Waals surface area contributed by atoms with E-state index in [9.17, 15) is 4.79 Å². The summed E-state index contributed by atoms with van der Waals surface area (Å²) in [6, 6.07) is 3.53. The SMILES string of the molecule is COc1ccc(CC(=O)c2cnccn2)cn1. The summed E-state index contributed by atoms with van der Waals surface area (Å²) < 4.78 is 4.94. The predicted octanol–water partition coefficient (Wildman–Crippen LogP) is 1.31. The fourth-order valence-corrected chi connectivity index (χ4v) is 1.36. The second-order valence-electron chi connectivity index (χ2n) is 3.40. The summed E-state index contributed by atoms with van der Waals surface area (Å²) in [4.78, 5) is 23.6. The van der Waals surface area contributed by atoms with Crippen LogP contribution in [0.15, 0.2) is 36.9 Å². The van der Waals surface area contributed by atoms with Crippen molar-refractivity contribution in [1.82, 2.24) is 15.0 Å². The van der Waals surface area contributed by atoms with Crippen molar-refractivity contribution in [2.75, 3.05) is 7.11 Å². The van der Waals surface area contributed by atoms with Gasteiger partial charge in [-0.05, 0) is 5.56 Å². The van der Waals surface area contributed by atoms with Crippen LogP contribution < -0.4 is 4.74 Å². The number of nitrogens with zero attached hydrogens (tertiary/aromatic N) is 3. The third-order valence-electron chi connectivity index (χ3n) is 2.22. The smallest absolute Gasteiger partial charge is 0.212 e. The van der Waals surface area contributed by atoms with Gasteiger partial charge >= 0.3 is 0 Å². The monoisotopic (exact) mass is 229 g/mol. The molecule has 2 aromatic rings. The van der Waals surface area contributed by atoms with Gasteiger partial charge in [-0.3, -0.25) is 9.78 Å². The molecule has 0 N–H and O–H groups in total. The summed E-state index contributed by atoms with van der Waals surface area (Å²) >= 11 is 0. The highest BCUT2D eigenvalue weighted by molar-refractivity contribution is 5.95. The Kier molecular flexibility index (Phi) is 3.40. The minimum Gasteiger partial charge on any atom is -0.481 e. The fourth-order valence-electron chi connectivity index (χ4n) is 1.36. The first-order valence-corrected chi connectivity index (χ1v) is 5.07. The van der Waals surface area contributed by atoms with Crippen LogP contribution in [0.1, 0.15) is 16.1 Å². The third kappa shape index (κ3) is 2.84. The minimum atomic E-state index is -0.0786. The van der Waals surface area contributed by atoms with Crippen molar-refractivity contribution in [1.29, 1.82) is 0 Å². The Labute approximate surface area is 98.5 Å². The van der Waals surface area contributed by atoms with Crippen molar-refractivity contribution >= 4 is 5.78 Å². The van der Waals surface area contributed by atoms with Gasteiger partial charge in [-0.2, -0.15) is 0 Å². The minimum absolute atomic E-state index is 0.0786. The van der Waals surface area contributed by atoms with E-state index in [1.807, 2.05) is 0 Å². The molecule has 2 rings (SSSR count). The van der Waals surface area contributed by atoms with E-state index in [1.165, 1.54) is 18.6 Å². The van der Waals surface area contributed by atoms with E-state index < -0.39 is 0 Å². The Hall–Kier alpha value is -2.30. The van der Waals surface area contributed by atoms with E-state index in [0.717, 1.165) is 5.56 Å². The molecular weight excluding hydrogens is 218 g/mol. The zero-order valence-corrected chi connectivity index (χ0v) is 9.33. The molecule has 0 aliphatic heterocycles. The highest BCUT2D eigenvalue weighted by atomic mass is 16.5. The summed E-state index contributed by atoms with van der Waals surface area (Å²) in [5.41, 5.74) is 1.18. The highest BCUT2D eigenvalue weighted by Crippen LogP contribution is 2.09. The second-order valence-corrected chi connectivity index (χ2v) is 3.40. The molecule has 0 amide bonds. The van der Waals surface area contributed by atoms with E-state index in [2.05, 4.69) is 15.0 Å². The van der Waals surface area contributed by atoms with E-state index >= 15 is 0 Å². The van der Waals surface area contributed by atoms with Crippen molar-refractivity contribution in [3.63, 3.8) is 0 Å². The Morgan fingerprint density at radius 3 is 2.71 bits per heavy atom. The Bertz CT molecular complexity index is 497. The number of aromatic nitrogens is 3. The molecule has 0 aliphatic carbocycles. The predicted molar refractivity (Wildman–Crippen MR) is 60.9 cm³/mol. The number of hydrogen-bond acceptors (Lipinski definition) is 5. The molecule has 0 saturated heterocycles. The Balaban J connectivity index is 2.08. The first-order valence-electron chi connectivity index (χ1n) is 5.07. The number of carbonyl (C=O) groups excluding carboxylic acids is 1. The van der Waals surface area contributed by atoms with Crippen LogP contribution in [0, 0.1) is 0 Å². The van der Waals surface area contributed by atoms with Crippen LogP contribution >= 0.6 is 0 Å². The lowest BCUT2D eigenvalue weighted by atomic mass is 10.1. The van der Waals surface area contributed by atoms with Gasteiger partial charge in [0.2, 0.25) is 5.88 Å². The molecule has 2 heterocycles. The van der Waals surface area contributed by atoms with E-state index in [4.69, 9.17) is 4.74 Å². The van der Waals surface area contributed by atoms with E-state index in [1.54, 1.807) is 25.4 Å². The topological polar surface area (TPSA) is 65.0 Å². The summed E-state index contributed by atoms with van der Waals surface area (Å²) in [7, 11) is 1.55. The van der Waals surface area contributed by atoms with Crippen molar-refractivity contribution in [3.05, 3.63) is 48.2 Å². The summed E-state index contributed by atoms with van der Waals surface area (Å²) in [5.74, 6) is 0.450. The largest absolute Gasteiger partial charge is 0.481 e. The average molecular weight is 229 g/mol. The van der Waals surface area contributed by atoms with Gasteiger partial charge in [-0.25, -0.2) is 9.97 Å². The van der Waals surface area contributed by atoms with Crippen LogP contribution in [0.3, 0.4) is 0 Å². The number of carbonyl (C=O) groups is 1. The lowest BCUT2D eigenvalue weighted by Gasteiger charge is -2.01. The number of rotatable bonds is 4. The van der Waals surface area contributed by atoms with Gasteiger partial charge in [0.25, 0.3) is 0 Å². The van der Waals surface area contributed by atoms with Crippen LogP contribution in [0.25, 0.3) is 0 Å². The maximum atomic E-state index is 11.8. The van der Waals surface area contributed by atoms with Crippen LogP contribution in [-0.2, 0) is 6.42 Å². The lowest BCUT2D eigenvalue weighted by molar-refractivity contribution is 0.0987. The zero-order chi connectivity index (χ0) is 12.1. The van der Waals surface area contributed by atoms with Gasteiger partial charge in [0, 0.05) is 31.1 Å². The molecule has 0 spiro atoms. The molecular formula is C12H11N3O2. The number of pyridine rings is 1. The molecule has 5 nitrogen and oxygen atoms in total. The second kappa shape index (κ2) is 5.16. The van der Waals surface area contributed by atoms with Gasteiger partial charge < -0.3 is 4.74 Å². The fraction of sp³-hybridized carbons (Fsp3) is 0.167.